The Hall–Kier alpha value is -2.18. The minimum atomic E-state index is -2.49. The van der Waals surface area contributed by atoms with E-state index in [2.05, 4.69) is 19.6 Å². The number of aliphatic hydroxyl groups excluding tert-OH is 1. The normalized spacial score (nSPS) is 40.5. The van der Waals surface area contributed by atoms with E-state index in [0.717, 1.165) is 30.4 Å². The Bertz CT molecular complexity index is 1500. The second kappa shape index (κ2) is 22.1. The zero-order valence-electron chi connectivity index (χ0n) is 36.2. The second-order valence-corrected chi connectivity index (χ2v) is 19.4. The number of ketones is 2. The number of cyclic esters (lactones) is 1. The monoisotopic (exact) mass is 877 g/mol. The van der Waals surface area contributed by atoms with E-state index < -0.39 is 77.8 Å². The fourth-order valence-electron chi connectivity index (χ4n) is 9.56. The van der Waals surface area contributed by atoms with Crippen LogP contribution < -0.4 is 0 Å². The van der Waals surface area contributed by atoms with Gasteiger partial charge in [0.2, 0.25) is 5.79 Å². The van der Waals surface area contributed by atoms with Gasteiger partial charge < -0.3 is 19.3 Å². The Balaban J connectivity index is 1.76. The van der Waals surface area contributed by atoms with Gasteiger partial charge in [0.25, 0.3) is 5.78 Å². The molecule has 3 fully saturated rings. The summed E-state index contributed by atoms with van der Waals surface area (Å²) in [5, 5.41) is 23.8. The number of aliphatic hydroxyl groups is 2. The van der Waals surface area contributed by atoms with Crippen LogP contribution in [0, 0.1) is 29.6 Å². The number of hydrogen-bond donors (Lipinski definition) is 2. The molecule has 2 N–H and O–H groups in total. The van der Waals surface area contributed by atoms with Gasteiger partial charge in [-0.15, -0.1) is 0 Å². The number of nitrogens with zero attached hydrogens (tertiary/aromatic N) is 1. The van der Waals surface area contributed by atoms with E-state index in [1.807, 2.05) is 26.8 Å². The van der Waals surface area contributed by atoms with Gasteiger partial charge in [0.05, 0.1) is 12.2 Å². The van der Waals surface area contributed by atoms with Crippen molar-refractivity contribution in [2.24, 2.45) is 29.6 Å². The molecule has 0 aromatic carbocycles. The minimum absolute atomic E-state index is 0.0457. The molecule has 3 heterocycles. The van der Waals surface area contributed by atoms with E-state index in [1.165, 1.54) is 4.90 Å². The SMILES string of the molecule is C=CCOC1CC(C=C(C)C2OC(=O)C3CCCCN3C(=O)C(=O)C3(O)OC(C(OC)CC(C)C/C(C)=C/C(CC)C(=O)CC(O)C2C)C(OC)CC3C)CCC1[AsH2]. The predicted octanol–water partition coefficient (Wildman–Crippen LogP) is 5.09. The number of piperidine rings is 1. The zero-order valence-corrected chi connectivity index (χ0v) is 38.7. The molecule has 2 saturated heterocycles. The van der Waals surface area contributed by atoms with E-state index >= 15 is 0 Å². The van der Waals surface area contributed by atoms with Crippen molar-refractivity contribution in [3.05, 3.63) is 36.0 Å². The number of ether oxygens (including phenoxy) is 5. The molecule has 1 aliphatic carbocycles. The van der Waals surface area contributed by atoms with Gasteiger partial charge >= 0.3 is 200 Å². The Morgan fingerprint density at radius 3 is 2.36 bits per heavy atom. The molecule has 1 amide bonds. The summed E-state index contributed by atoms with van der Waals surface area (Å²) in [6, 6.07) is -1.11. The van der Waals surface area contributed by atoms with Crippen molar-refractivity contribution in [1.82, 2.24) is 4.90 Å². The van der Waals surface area contributed by atoms with Crippen LogP contribution in [0.25, 0.3) is 0 Å². The first-order valence-electron chi connectivity index (χ1n) is 21.5. The third-order valence-electron chi connectivity index (χ3n) is 13.1. The molecule has 15 atom stereocenters. The van der Waals surface area contributed by atoms with E-state index in [9.17, 15) is 29.4 Å². The van der Waals surface area contributed by atoms with Gasteiger partial charge in [-0.1, -0.05) is 32.4 Å². The van der Waals surface area contributed by atoms with Crippen LogP contribution in [0.2, 0.25) is 4.71 Å². The quantitative estimate of drug-likeness (QED) is 0.145. The fraction of sp³-hybridized carbons (Fsp3) is 0.778. The van der Waals surface area contributed by atoms with E-state index in [1.54, 1.807) is 51.0 Å². The average Bonchev–Trinajstić information content (AvgIpc) is 3.20. The van der Waals surface area contributed by atoms with Crippen molar-refractivity contribution in [2.75, 3.05) is 27.4 Å². The first-order valence-corrected chi connectivity index (χ1v) is 22.9. The molecule has 12 nitrogen and oxygen atoms in total. The number of Topliss-reactive ketones (excluding diaryl/α,β-unsaturated/α-hetero) is 2. The molecule has 3 aliphatic heterocycles. The van der Waals surface area contributed by atoms with Crippen molar-refractivity contribution in [2.45, 2.75) is 165 Å². The van der Waals surface area contributed by atoms with Gasteiger partial charge in [0.15, 0.2) is 0 Å². The zero-order chi connectivity index (χ0) is 42.9. The summed E-state index contributed by atoms with van der Waals surface area (Å²) in [6.07, 6.45) is 7.78. The number of carbonyl (C=O) groups is 4. The fourth-order valence-corrected chi connectivity index (χ4v) is 10.5. The van der Waals surface area contributed by atoms with E-state index in [-0.39, 0.29) is 49.5 Å². The van der Waals surface area contributed by atoms with E-state index in [0.29, 0.717) is 43.4 Å². The van der Waals surface area contributed by atoms with Crippen LogP contribution in [0.4, 0.5) is 0 Å². The molecule has 15 unspecified atom stereocenters. The number of fused-ring (bicyclic) bond motifs is 3. The molecule has 0 aromatic heterocycles. The molecule has 2 bridgehead atoms. The first kappa shape index (κ1) is 48.5. The molecule has 0 spiro atoms. The van der Waals surface area contributed by atoms with Crippen molar-refractivity contribution >= 4 is 40.3 Å². The average molecular weight is 878 g/mol. The summed E-state index contributed by atoms with van der Waals surface area (Å²) in [5.41, 5.74) is 1.75. The molecule has 13 heteroatoms. The summed E-state index contributed by atoms with van der Waals surface area (Å²) in [4.78, 5) is 58.0. The summed E-state index contributed by atoms with van der Waals surface area (Å²) >= 11 is 1.66. The second-order valence-electron chi connectivity index (χ2n) is 17.6. The summed E-state index contributed by atoms with van der Waals surface area (Å²) in [5.74, 6) is -7.17. The molecule has 58 heavy (non-hydrogen) atoms. The number of amides is 1. The summed E-state index contributed by atoms with van der Waals surface area (Å²) < 4.78 is 30.9. The van der Waals surface area contributed by atoms with Crippen LogP contribution in [0.15, 0.2) is 36.0 Å². The van der Waals surface area contributed by atoms with Crippen LogP contribution in [0.1, 0.15) is 112 Å². The van der Waals surface area contributed by atoms with Crippen molar-refractivity contribution in [3.63, 3.8) is 0 Å². The Kier molecular flexibility index (Phi) is 18.4. The number of allylic oxidation sites excluding steroid dienone is 3. The molecule has 4 aliphatic rings. The maximum absolute atomic E-state index is 14.4. The van der Waals surface area contributed by atoms with Crippen LogP contribution in [0.3, 0.4) is 0 Å². The molecular formula is C45H72AsNO11. The molecule has 1 saturated carbocycles. The topological polar surface area (TPSA) is 158 Å². The standard InChI is InChI=1S/C45H72AsNO11/c1-10-18-56-37-24-31(15-16-33(37)46)22-28(5)40-30(7)35(48)25-36(49)32(11-2)20-26(3)19-27(4)21-38(54-8)41-39(55-9)23-29(6)45(53,58-41)42(50)43(51)47-17-13-12-14-34(47)44(52)57-40/h10,20,22,27,29-35,37-41,48,53H,1,11-19,21,23-25,46H2,2-9H3/b26-20+,28-22?. The third-order valence-corrected chi connectivity index (χ3v) is 14.7. The molecular weight excluding hydrogens is 805 g/mol. The Labute approximate surface area is 355 Å². The molecule has 0 aromatic rings. The van der Waals surface area contributed by atoms with Crippen LogP contribution in [0.5, 0.6) is 0 Å². The van der Waals surface area contributed by atoms with Gasteiger partial charge in [0, 0.05) is 20.1 Å². The van der Waals surface area contributed by atoms with Gasteiger partial charge in [-0.2, -0.15) is 0 Å². The first-order chi connectivity index (χ1) is 27.5. The number of rotatable bonds is 8. The number of esters is 1. The van der Waals surface area contributed by atoms with Crippen molar-refractivity contribution in [1.29, 1.82) is 0 Å². The maximum atomic E-state index is 14.4. The Morgan fingerprint density at radius 2 is 1.71 bits per heavy atom. The number of methoxy groups -OCH3 is 2. The van der Waals surface area contributed by atoms with Crippen molar-refractivity contribution in [3.8, 4) is 0 Å². The predicted molar refractivity (Wildman–Crippen MR) is 223 cm³/mol. The number of hydrogen-bond acceptors (Lipinski definition) is 11. The van der Waals surface area contributed by atoms with Crippen molar-refractivity contribution < 1.29 is 53.1 Å². The van der Waals surface area contributed by atoms with Gasteiger partial charge in [-0.05, 0) is 44.9 Å². The third kappa shape index (κ3) is 11.8. The van der Waals surface area contributed by atoms with Gasteiger partial charge in [-0.3, -0.25) is 9.59 Å². The molecule has 4 rings (SSSR count). The molecule has 0 radical (unpaired) electrons. The van der Waals surface area contributed by atoms with Crippen LogP contribution in [-0.4, -0.2) is 131 Å². The van der Waals surface area contributed by atoms with Crippen LogP contribution in [-0.2, 0) is 42.9 Å². The summed E-state index contributed by atoms with van der Waals surface area (Å²) in [7, 11) is 3.08. The van der Waals surface area contributed by atoms with Crippen LogP contribution >= 0.6 is 0 Å². The van der Waals surface area contributed by atoms with Gasteiger partial charge in [0.1, 0.15) is 6.10 Å². The summed E-state index contributed by atoms with van der Waals surface area (Å²) in [6.45, 7) is 15.7. The Morgan fingerprint density at radius 1 is 1.02 bits per heavy atom. The van der Waals surface area contributed by atoms with E-state index in [4.69, 9.17) is 23.7 Å². The molecule has 328 valence electrons. The van der Waals surface area contributed by atoms with Gasteiger partial charge in [-0.25, -0.2) is 0 Å². The number of carbonyl (C=O) groups excluding carboxylic acids is 4.